The maximum atomic E-state index is 6.04. The van der Waals surface area contributed by atoms with Gasteiger partial charge >= 0.3 is 0 Å². The Labute approximate surface area is 132 Å². The fourth-order valence-corrected chi connectivity index (χ4v) is 2.73. The molecular formula is C16H25ClN2O2. The summed E-state index contributed by atoms with van der Waals surface area (Å²) in [5, 5.41) is 0. The summed E-state index contributed by atoms with van der Waals surface area (Å²) in [6, 6.07) is 4.15. The summed E-state index contributed by atoms with van der Waals surface area (Å²) in [4.78, 5) is 7.04. The number of pyridine rings is 1. The molecule has 0 amide bonds. The standard InChI is InChI=1S/C16H25ClN2O2/c1-16(2,3)14-6-11(8-17)7-15(18-14)19-9-12(20-4)13(10-19)21-5/h6-7,12-13H,8-10H2,1-5H3. The molecule has 4 nitrogen and oxygen atoms in total. The molecule has 1 aromatic rings. The van der Waals surface area contributed by atoms with E-state index in [0.29, 0.717) is 5.88 Å². The van der Waals surface area contributed by atoms with Gasteiger partial charge in [0.15, 0.2) is 0 Å². The van der Waals surface area contributed by atoms with Gasteiger partial charge < -0.3 is 14.4 Å². The quantitative estimate of drug-likeness (QED) is 0.801. The maximum absolute atomic E-state index is 6.04. The lowest BCUT2D eigenvalue weighted by Crippen LogP contribution is -2.27. The van der Waals surface area contributed by atoms with Crippen molar-refractivity contribution in [1.29, 1.82) is 0 Å². The maximum Gasteiger partial charge on any atom is 0.129 e. The second kappa shape index (κ2) is 6.51. The molecule has 0 N–H and O–H groups in total. The number of methoxy groups -OCH3 is 2. The van der Waals surface area contributed by atoms with Crippen molar-refractivity contribution >= 4 is 17.4 Å². The van der Waals surface area contributed by atoms with Gasteiger partial charge in [0.05, 0.1) is 0 Å². The third kappa shape index (κ3) is 3.68. The Morgan fingerprint density at radius 3 is 2.19 bits per heavy atom. The van der Waals surface area contributed by atoms with Crippen LogP contribution in [0, 0.1) is 0 Å². The Kier molecular flexibility index (Phi) is 5.12. The molecule has 118 valence electrons. The zero-order chi connectivity index (χ0) is 15.6. The van der Waals surface area contributed by atoms with Crippen LogP contribution in [0.3, 0.4) is 0 Å². The molecule has 1 fully saturated rings. The molecule has 0 saturated carbocycles. The number of alkyl halides is 1. The molecule has 5 heteroatoms. The first-order valence-corrected chi connectivity index (χ1v) is 7.80. The summed E-state index contributed by atoms with van der Waals surface area (Å²) < 4.78 is 11.0. The monoisotopic (exact) mass is 312 g/mol. The smallest absolute Gasteiger partial charge is 0.129 e. The Morgan fingerprint density at radius 2 is 1.76 bits per heavy atom. The number of rotatable bonds is 4. The molecule has 2 atom stereocenters. The van der Waals surface area contributed by atoms with E-state index in [4.69, 9.17) is 26.1 Å². The van der Waals surface area contributed by atoms with Gasteiger partial charge in [0.25, 0.3) is 0 Å². The summed E-state index contributed by atoms with van der Waals surface area (Å²) in [7, 11) is 3.45. The lowest BCUT2D eigenvalue weighted by Gasteiger charge is -2.23. The van der Waals surface area contributed by atoms with Gasteiger partial charge in [-0.3, -0.25) is 0 Å². The highest BCUT2D eigenvalue weighted by molar-refractivity contribution is 6.17. The van der Waals surface area contributed by atoms with Crippen LogP contribution in [0.1, 0.15) is 32.0 Å². The third-order valence-corrected chi connectivity index (χ3v) is 4.25. The first-order chi connectivity index (χ1) is 9.88. The predicted octanol–water partition coefficient (Wildman–Crippen LogP) is 2.97. The second-order valence-corrected chi connectivity index (χ2v) is 6.82. The molecule has 1 aliphatic rings. The largest absolute Gasteiger partial charge is 0.377 e. The van der Waals surface area contributed by atoms with Gasteiger partial charge in [-0.05, 0) is 17.7 Å². The highest BCUT2D eigenvalue weighted by Crippen LogP contribution is 2.28. The van der Waals surface area contributed by atoms with E-state index in [1.165, 1.54) is 0 Å². The lowest BCUT2D eigenvalue weighted by molar-refractivity contribution is -0.00461. The van der Waals surface area contributed by atoms with Crippen molar-refractivity contribution in [2.24, 2.45) is 0 Å². The summed E-state index contributed by atoms with van der Waals surface area (Å²) in [5.74, 6) is 1.45. The van der Waals surface area contributed by atoms with E-state index in [-0.39, 0.29) is 17.6 Å². The molecule has 0 radical (unpaired) electrons. The summed E-state index contributed by atoms with van der Waals surface area (Å²) in [5.41, 5.74) is 2.16. The molecule has 1 aliphatic heterocycles. The van der Waals surface area contributed by atoms with Crippen LogP contribution >= 0.6 is 11.6 Å². The van der Waals surface area contributed by atoms with Crippen LogP contribution < -0.4 is 4.90 Å². The van der Waals surface area contributed by atoms with E-state index in [1.54, 1.807) is 14.2 Å². The van der Waals surface area contributed by atoms with Crippen molar-refractivity contribution in [1.82, 2.24) is 4.98 Å². The molecule has 2 rings (SSSR count). The van der Waals surface area contributed by atoms with Crippen molar-refractivity contribution in [3.8, 4) is 0 Å². The Balaban J connectivity index is 2.31. The van der Waals surface area contributed by atoms with E-state index in [2.05, 4.69) is 37.8 Å². The van der Waals surface area contributed by atoms with Crippen molar-refractivity contribution in [2.45, 2.75) is 44.3 Å². The molecule has 21 heavy (non-hydrogen) atoms. The Bertz CT molecular complexity index is 476. The second-order valence-electron chi connectivity index (χ2n) is 6.56. The topological polar surface area (TPSA) is 34.6 Å². The van der Waals surface area contributed by atoms with Gasteiger partial charge in [-0.2, -0.15) is 0 Å². The summed E-state index contributed by atoms with van der Waals surface area (Å²) in [6.07, 6.45) is 0.157. The first-order valence-electron chi connectivity index (χ1n) is 7.27. The summed E-state index contributed by atoms with van der Waals surface area (Å²) >= 11 is 6.04. The molecule has 0 aliphatic carbocycles. The minimum absolute atomic E-state index is 0.00212. The summed E-state index contributed by atoms with van der Waals surface area (Å²) in [6.45, 7) is 8.07. The molecule has 0 spiro atoms. The SMILES string of the molecule is COC1CN(c2cc(CCl)cc(C(C)(C)C)n2)CC1OC. The Morgan fingerprint density at radius 1 is 1.19 bits per heavy atom. The van der Waals surface area contributed by atoms with Crippen LogP contribution in [0.25, 0.3) is 0 Å². The van der Waals surface area contributed by atoms with E-state index in [0.717, 1.165) is 30.2 Å². The Hall–Kier alpha value is -0.840. The third-order valence-electron chi connectivity index (χ3n) is 3.94. The van der Waals surface area contributed by atoms with Gasteiger partial charge in [0.2, 0.25) is 0 Å². The minimum atomic E-state index is -0.00212. The van der Waals surface area contributed by atoms with Crippen LogP contribution in [0.4, 0.5) is 5.82 Å². The van der Waals surface area contributed by atoms with Crippen molar-refractivity contribution in [3.05, 3.63) is 23.4 Å². The van der Waals surface area contributed by atoms with Crippen LogP contribution in [0.2, 0.25) is 0 Å². The average molecular weight is 313 g/mol. The van der Waals surface area contributed by atoms with E-state index >= 15 is 0 Å². The number of hydrogen-bond donors (Lipinski definition) is 0. The molecule has 2 heterocycles. The fraction of sp³-hybridized carbons (Fsp3) is 0.688. The average Bonchev–Trinajstić information content (AvgIpc) is 2.89. The number of anilines is 1. The van der Waals surface area contributed by atoms with Crippen LogP contribution in [-0.2, 0) is 20.8 Å². The predicted molar refractivity (Wildman–Crippen MR) is 86.3 cm³/mol. The van der Waals surface area contributed by atoms with Crippen LogP contribution in [-0.4, -0.2) is 44.5 Å². The number of halogens is 1. The zero-order valence-electron chi connectivity index (χ0n) is 13.5. The molecular weight excluding hydrogens is 288 g/mol. The zero-order valence-corrected chi connectivity index (χ0v) is 14.3. The van der Waals surface area contributed by atoms with Crippen molar-refractivity contribution in [2.75, 3.05) is 32.2 Å². The van der Waals surface area contributed by atoms with E-state index < -0.39 is 0 Å². The van der Waals surface area contributed by atoms with Gasteiger partial charge in [0, 0.05) is 44.3 Å². The molecule has 0 aromatic carbocycles. The van der Waals surface area contributed by atoms with E-state index in [1.807, 2.05) is 0 Å². The van der Waals surface area contributed by atoms with Crippen LogP contribution in [0.5, 0.6) is 0 Å². The number of hydrogen-bond acceptors (Lipinski definition) is 4. The highest BCUT2D eigenvalue weighted by Gasteiger charge is 2.34. The van der Waals surface area contributed by atoms with E-state index in [9.17, 15) is 0 Å². The fourth-order valence-electron chi connectivity index (χ4n) is 2.58. The normalized spacial score (nSPS) is 22.9. The van der Waals surface area contributed by atoms with Crippen LogP contribution in [0.15, 0.2) is 12.1 Å². The van der Waals surface area contributed by atoms with Gasteiger partial charge in [0.1, 0.15) is 18.0 Å². The van der Waals surface area contributed by atoms with Gasteiger partial charge in [-0.1, -0.05) is 20.8 Å². The number of ether oxygens (including phenoxy) is 2. The van der Waals surface area contributed by atoms with Crippen molar-refractivity contribution < 1.29 is 9.47 Å². The number of aromatic nitrogens is 1. The molecule has 0 bridgehead atoms. The van der Waals surface area contributed by atoms with Gasteiger partial charge in [-0.15, -0.1) is 11.6 Å². The lowest BCUT2D eigenvalue weighted by atomic mass is 9.91. The van der Waals surface area contributed by atoms with Crippen molar-refractivity contribution in [3.63, 3.8) is 0 Å². The minimum Gasteiger partial charge on any atom is -0.377 e. The molecule has 1 saturated heterocycles. The highest BCUT2D eigenvalue weighted by atomic mass is 35.5. The first kappa shape index (κ1) is 16.5. The number of nitrogens with zero attached hydrogens (tertiary/aromatic N) is 2. The molecule has 2 unspecified atom stereocenters. The molecule has 1 aromatic heterocycles. The van der Waals surface area contributed by atoms with Gasteiger partial charge in [-0.25, -0.2) is 4.98 Å².